The number of hydrogen-bond acceptors (Lipinski definition) is 4. The van der Waals surface area contributed by atoms with Crippen LogP contribution in [0.1, 0.15) is 31.8 Å². The van der Waals surface area contributed by atoms with Crippen molar-refractivity contribution < 1.29 is 9.59 Å². The van der Waals surface area contributed by atoms with Crippen molar-refractivity contribution in [2.24, 2.45) is 0 Å². The summed E-state index contributed by atoms with van der Waals surface area (Å²) in [6.45, 7) is 0. The molecule has 0 unspecified atom stereocenters. The van der Waals surface area contributed by atoms with E-state index in [1.807, 2.05) is 48.5 Å². The summed E-state index contributed by atoms with van der Waals surface area (Å²) in [4.78, 5) is 25.4. The van der Waals surface area contributed by atoms with Crippen molar-refractivity contribution in [1.29, 1.82) is 0 Å². The number of rotatable bonds is 5. The SMILES string of the molecule is Nc1cc(-c2ccc(C(=O)c3ccccc3)c(N)c2)ccc1C(=O)c1ccccc1. The van der Waals surface area contributed by atoms with Gasteiger partial charge in [0.15, 0.2) is 11.6 Å². The molecule has 4 aromatic carbocycles. The van der Waals surface area contributed by atoms with E-state index in [-0.39, 0.29) is 11.6 Å². The van der Waals surface area contributed by atoms with Gasteiger partial charge in [0, 0.05) is 33.6 Å². The molecule has 4 aromatic rings. The van der Waals surface area contributed by atoms with Gasteiger partial charge in [-0.15, -0.1) is 0 Å². The Balaban J connectivity index is 1.63. The topological polar surface area (TPSA) is 86.2 Å². The highest BCUT2D eigenvalue weighted by Gasteiger charge is 2.15. The van der Waals surface area contributed by atoms with Crippen molar-refractivity contribution in [3.05, 3.63) is 119 Å². The Morgan fingerprint density at radius 3 is 1.20 bits per heavy atom. The van der Waals surface area contributed by atoms with Gasteiger partial charge in [-0.1, -0.05) is 72.8 Å². The van der Waals surface area contributed by atoms with E-state index < -0.39 is 0 Å². The van der Waals surface area contributed by atoms with Gasteiger partial charge in [-0.05, 0) is 35.4 Å². The van der Waals surface area contributed by atoms with Crippen LogP contribution in [0.2, 0.25) is 0 Å². The first-order chi connectivity index (χ1) is 14.5. The first-order valence-corrected chi connectivity index (χ1v) is 9.53. The van der Waals surface area contributed by atoms with Gasteiger partial charge in [0.25, 0.3) is 0 Å². The molecule has 0 aromatic heterocycles. The summed E-state index contributed by atoms with van der Waals surface area (Å²) in [5.74, 6) is -0.245. The number of hydrogen-bond donors (Lipinski definition) is 2. The molecule has 146 valence electrons. The predicted octanol–water partition coefficient (Wildman–Crippen LogP) is 4.98. The van der Waals surface area contributed by atoms with Crippen LogP contribution in [0.5, 0.6) is 0 Å². The highest BCUT2D eigenvalue weighted by atomic mass is 16.1. The van der Waals surface area contributed by atoms with Crippen LogP contribution in [0.4, 0.5) is 11.4 Å². The third-order valence-corrected chi connectivity index (χ3v) is 5.00. The second kappa shape index (κ2) is 8.05. The Labute approximate surface area is 174 Å². The van der Waals surface area contributed by atoms with E-state index in [0.717, 1.165) is 11.1 Å². The number of nitrogens with two attached hydrogens (primary N) is 2. The minimum Gasteiger partial charge on any atom is -0.398 e. The first kappa shape index (κ1) is 19.2. The molecule has 0 aliphatic rings. The van der Waals surface area contributed by atoms with Gasteiger partial charge in [-0.3, -0.25) is 9.59 Å². The molecule has 0 bridgehead atoms. The maximum atomic E-state index is 12.7. The Kier molecular flexibility index (Phi) is 5.14. The normalized spacial score (nSPS) is 10.5. The highest BCUT2D eigenvalue weighted by Crippen LogP contribution is 2.29. The Morgan fingerprint density at radius 2 is 0.867 bits per heavy atom. The van der Waals surface area contributed by atoms with Crippen LogP contribution in [-0.2, 0) is 0 Å². The lowest BCUT2D eigenvalue weighted by molar-refractivity contribution is 0.103. The van der Waals surface area contributed by atoms with Crippen molar-refractivity contribution in [3.63, 3.8) is 0 Å². The van der Waals surface area contributed by atoms with Crippen molar-refractivity contribution in [1.82, 2.24) is 0 Å². The van der Waals surface area contributed by atoms with Crippen LogP contribution in [0, 0.1) is 0 Å². The highest BCUT2D eigenvalue weighted by molar-refractivity contribution is 6.13. The quantitative estimate of drug-likeness (QED) is 0.370. The lowest BCUT2D eigenvalue weighted by Gasteiger charge is -2.11. The Bertz CT molecular complexity index is 1130. The minimum atomic E-state index is -0.122. The van der Waals surface area contributed by atoms with Gasteiger partial charge in [0.2, 0.25) is 0 Å². The molecule has 0 saturated heterocycles. The summed E-state index contributed by atoms with van der Waals surface area (Å²) in [5.41, 5.74) is 16.9. The number of anilines is 2. The number of benzene rings is 4. The van der Waals surface area contributed by atoms with Gasteiger partial charge in [0.1, 0.15) is 0 Å². The molecule has 4 nitrogen and oxygen atoms in total. The molecule has 0 amide bonds. The van der Waals surface area contributed by atoms with E-state index >= 15 is 0 Å². The van der Waals surface area contributed by atoms with Crippen LogP contribution >= 0.6 is 0 Å². The number of carbonyl (C=O) groups is 2. The fourth-order valence-corrected chi connectivity index (χ4v) is 3.39. The van der Waals surface area contributed by atoms with Crippen molar-refractivity contribution in [3.8, 4) is 11.1 Å². The molecule has 4 heteroatoms. The maximum absolute atomic E-state index is 12.7. The van der Waals surface area contributed by atoms with E-state index in [0.29, 0.717) is 33.6 Å². The molecular weight excluding hydrogens is 372 g/mol. The zero-order valence-corrected chi connectivity index (χ0v) is 16.2. The zero-order valence-electron chi connectivity index (χ0n) is 16.2. The van der Waals surface area contributed by atoms with Crippen LogP contribution in [-0.4, -0.2) is 11.6 Å². The second-order valence-electron chi connectivity index (χ2n) is 6.99. The maximum Gasteiger partial charge on any atom is 0.195 e. The van der Waals surface area contributed by atoms with Gasteiger partial charge < -0.3 is 11.5 Å². The minimum absolute atomic E-state index is 0.122. The van der Waals surface area contributed by atoms with Gasteiger partial charge >= 0.3 is 0 Å². The number of carbonyl (C=O) groups excluding carboxylic acids is 2. The van der Waals surface area contributed by atoms with Crippen molar-refractivity contribution in [2.75, 3.05) is 11.5 Å². The molecule has 0 aliphatic heterocycles. The third-order valence-electron chi connectivity index (χ3n) is 5.00. The first-order valence-electron chi connectivity index (χ1n) is 9.53. The fourth-order valence-electron chi connectivity index (χ4n) is 3.39. The monoisotopic (exact) mass is 392 g/mol. The summed E-state index contributed by atoms with van der Waals surface area (Å²) in [7, 11) is 0. The third kappa shape index (κ3) is 3.71. The molecule has 30 heavy (non-hydrogen) atoms. The lowest BCUT2D eigenvalue weighted by Crippen LogP contribution is -2.06. The van der Waals surface area contributed by atoms with Crippen molar-refractivity contribution >= 4 is 22.9 Å². The predicted molar refractivity (Wildman–Crippen MR) is 120 cm³/mol. The number of ketones is 2. The van der Waals surface area contributed by atoms with E-state index in [1.54, 1.807) is 48.5 Å². The Morgan fingerprint density at radius 1 is 0.500 bits per heavy atom. The van der Waals surface area contributed by atoms with Gasteiger partial charge in [-0.2, -0.15) is 0 Å². The van der Waals surface area contributed by atoms with E-state index in [1.165, 1.54) is 0 Å². The summed E-state index contributed by atoms with van der Waals surface area (Å²) in [5, 5.41) is 0. The average Bonchev–Trinajstić information content (AvgIpc) is 2.79. The van der Waals surface area contributed by atoms with Crippen LogP contribution in [0.25, 0.3) is 11.1 Å². The van der Waals surface area contributed by atoms with E-state index in [4.69, 9.17) is 11.5 Å². The molecule has 0 saturated carbocycles. The van der Waals surface area contributed by atoms with E-state index in [2.05, 4.69) is 0 Å². The van der Waals surface area contributed by atoms with E-state index in [9.17, 15) is 9.59 Å². The van der Waals surface area contributed by atoms with Crippen molar-refractivity contribution in [2.45, 2.75) is 0 Å². The smallest absolute Gasteiger partial charge is 0.195 e. The van der Waals surface area contributed by atoms with Crippen LogP contribution in [0.15, 0.2) is 97.1 Å². The molecule has 4 rings (SSSR count). The van der Waals surface area contributed by atoms with Gasteiger partial charge in [-0.25, -0.2) is 0 Å². The molecule has 0 radical (unpaired) electrons. The summed E-state index contributed by atoms with van der Waals surface area (Å²) < 4.78 is 0. The standard InChI is InChI=1S/C26H20N2O2/c27-23-15-19(11-13-21(23)25(29)17-7-3-1-4-8-17)20-12-14-22(24(28)16-20)26(30)18-9-5-2-6-10-18/h1-16H,27-28H2. The Hall–Kier alpha value is -4.18. The molecule has 0 heterocycles. The lowest BCUT2D eigenvalue weighted by atomic mass is 9.95. The molecular formula is C26H20N2O2. The molecule has 0 spiro atoms. The summed E-state index contributed by atoms with van der Waals surface area (Å²) >= 11 is 0. The number of nitrogen functional groups attached to an aromatic ring is 2. The summed E-state index contributed by atoms with van der Waals surface area (Å²) in [6.07, 6.45) is 0. The van der Waals surface area contributed by atoms with Gasteiger partial charge in [0.05, 0.1) is 0 Å². The molecule has 0 aliphatic carbocycles. The zero-order chi connectivity index (χ0) is 21.1. The fraction of sp³-hybridized carbons (Fsp3) is 0. The van der Waals surface area contributed by atoms with Crippen LogP contribution in [0.3, 0.4) is 0 Å². The molecule has 0 atom stereocenters. The second-order valence-corrected chi connectivity index (χ2v) is 6.99. The molecule has 0 fully saturated rings. The largest absolute Gasteiger partial charge is 0.398 e. The molecule has 4 N–H and O–H groups in total. The summed E-state index contributed by atoms with van der Waals surface area (Å²) in [6, 6.07) is 28.7. The average molecular weight is 392 g/mol. The van der Waals surface area contributed by atoms with Crippen LogP contribution < -0.4 is 11.5 Å².